The van der Waals surface area contributed by atoms with Gasteiger partial charge in [0.25, 0.3) is 5.91 Å². The maximum atomic E-state index is 11.3. The van der Waals surface area contributed by atoms with Crippen LogP contribution in [0.5, 0.6) is 0 Å². The van der Waals surface area contributed by atoms with E-state index in [1.54, 1.807) is 12.1 Å². The molecule has 4 nitrogen and oxygen atoms in total. The van der Waals surface area contributed by atoms with Crippen molar-refractivity contribution in [1.82, 2.24) is 0 Å². The SMILES string of the molecule is NC(=O)c1cccc(Nc2ccc3ccccc3c2)c1N. The Labute approximate surface area is 122 Å². The third kappa shape index (κ3) is 2.51. The van der Waals surface area contributed by atoms with Gasteiger partial charge in [0, 0.05) is 5.69 Å². The Balaban J connectivity index is 1.98. The number of carbonyl (C=O) groups is 1. The van der Waals surface area contributed by atoms with Crippen molar-refractivity contribution in [2.45, 2.75) is 0 Å². The van der Waals surface area contributed by atoms with Gasteiger partial charge in [0.2, 0.25) is 0 Å². The minimum atomic E-state index is -0.533. The van der Waals surface area contributed by atoms with Gasteiger partial charge >= 0.3 is 0 Å². The van der Waals surface area contributed by atoms with E-state index in [1.165, 1.54) is 5.39 Å². The Morgan fingerprint density at radius 1 is 0.905 bits per heavy atom. The Kier molecular flexibility index (Phi) is 3.20. The first kappa shape index (κ1) is 13.0. The van der Waals surface area contributed by atoms with Crippen molar-refractivity contribution in [1.29, 1.82) is 0 Å². The molecule has 4 heteroatoms. The summed E-state index contributed by atoms with van der Waals surface area (Å²) in [5.41, 5.74) is 13.5. The molecule has 3 rings (SSSR count). The molecule has 1 amide bonds. The van der Waals surface area contributed by atoms with Crippen LogP contribution in [0.25, 0.3) is 10.8 Å². The zero-order chi connectivity index (χ0) is 14.8. The molecule has 0 radical (unpaired) electrons. The predicted octanol–water partition coefficient (Wildman–Crippen LogP) is 3.26. The number of amides is 1. The smallest absolute Gasteiger partial charge is 0.250 e. The van der Waals surface area contributed by atoms with E-state index in [1.807, 2.05) is 42.5 Å². The van der Waals surface area contributed by atoms with Crippen LogP contribution in [0.3, 0.4) is 0 Å². The number of nitrogens with two attached hydrogens (primary N) is 2. The van der Waals surface area contributed by atoms with Crippen molar-refractivity contribution < 1.29 is 4.79 Å². The maximum Gasteiger partial charge on any atom is 0.250 e. The molecule has 0 aliphatic rings. The summed E-state index contributed by atoms with van der Waals surface area (Å²) in [5, 5.41) is 5.53. The summed E-state index contributed by atoms with van der Waals surface area (Å²) in [4.78, 5) is 11.3. The average molecular weight is 277 g/mol. The average Bonchev–Trinajstić information content (AvgIpc) is 2.49. The number of fused-ring (bicyclic) bond motifs is 1. The van der Waals surface area contributed by atoms with Gasteiger partial charge in [0.15, 0.2) is 0 Å². The lowest BCUT2D eigenvalue weighted by molar-refractivity contribution is 0.100. The van der Waals surface area contributed by atoms with E-state index in [0.29, 0.717) is 16.9 Å². The highest BCUT2D eigenvalue weighted by Crippen LogP contribution is 2.27. The first-order chi connectivity index (χ1) is 10.1. The molecule has 0 saturated carbocycles. The molecular formula is C17H15N3O. The van der Waals surface area contributed by atoms with Crippen LogP contribution >= 0.6 is 0 Å². The number of rotatable bonds is 3. The maximum absolute atomic E-state index is 11.3. The number of anilines is 3. The highest BCUT2D eigenvalue weighted by atomic mass is 16.1. The van der Waals surface area contributed by atoms with Gasteiger partial charge in [0.1, 0.15) is 0 Å². The van der Waals surface area contributed by atoms with E-state index in [-0.39, 0.29) is 0 Å². The first-order valence-electron chi connectivity index (χ1n) is 6.59. The van der Waals surface area contributed by atoms with E-state index in [0.717, 1.165) is 11.1 Å². The summed E-state index contributed by atoms with van der Waals surface area (Å²) in [7, 11) is 0. The minimum absolute atomic E-state index is 0.320. The van der Waals surface area contributed by atoms with Gasteiger partial charge in [-0.05, 0) is 35.0 Å². The molecule has 5 N–H and O–H groups in total. The normalized spacial score (nSPS) is 10.5. The number of hydrogen-bond acceptors (Lipinski definition) is 3. The Morgan fingerprint density at radius 3 is 2.43 bits per heavy atom. The van der Waals surface area contributed by atoms with E-state index < -0.39 is 5.91 Å². The molecule has 0 fully saturated rings. The van der Waals surface area contributed by atoms with E-state index >= 15 is 0 Å². The molecule has 0 aromatic heterocycles. The number of primary amides is 1. The second-order valence-corrected chi connectivity index (χ2v) is 4.82. The fourth-order valence-electron chi connectivity index (χ4n) is 2.31. The number of nitrogen functional groups attached to an aromatic ring is 1. The zero-order valence-corrected chi connectivity index (χ0v) is 11.3. The van der Waals surface area contributed by atoms with Crippen LogP contribution in [0.1, 0.15) is 10.4 Å². The van der Waals surface area contributed by atoms with Crippen LogP contribution in [0.15, 0.2) is 60.7 Å². The molecule has 3 aromatic rings. The molecule has 3 aromatic carbocycles. The number of para-hydroxylation sites is 1. The Hall–Kier alpha value is -3.01. The lowest BCUT2D eigenvalue weighted by atomic mass is 10.1. The molecule has 0 spiro atoms. The highest BCUT2D eigenvalue weighted by Gasteiger charge is 2.09. The highest BCUT2D eigenvalue weighted by molar-refractivity contribution is 6.01. The quantitative estimate of drug-likeness (QED) is 0.643. The van der Waals surface area contributed by atoms with Crippen LogP contribution < -0.4 is 16.8 Å². The lowest BCUT2D eigenvalue weighted by Crippen LogP contribution is -2.14. The third-order valence-corrected chi connectivity index (χ3v) is 3.40. The summed E-state index contributed by atoms with van der Waals surface area (Å²) in [5.74, 6) is -0.533. The molecule has 104 valence electrons. The second-order valence-electron chi connectivity index (χ2n) is 4.82. The van der Waals surface area contributed by atoms with Gasteiger partial charge in [-0.3, -0.25) is 4.79 Å². The lowest BCUT2D eigenvalue weighted by Gasteiger charge is -2.12. The first-order valence-corrected chi connectivity index (χ1v) is 6.59. The number of nitrogens with one attached hydrogen (secondary N) is 1. The van der Waals surface area contributed by atoms with E-state index in [9.17, 15) is 4.79 Å². The molecule has 0 atom stereocenters. The second kappa shape index (κ2) is 5.17. The van der Waals surface area contributed by atoms with Crippen molar-refractivity contribution in [3.63, 3.8) is 0 Å². The summed E-state index contributed by atoms with van der Waals surface area (Å²) in [6, 6.07) is 19.3. The number of carbonyl (C=O) groups excluding carboxylic acids is 1. The molecule has 0 aliphatic heterocycles. The van der Waals surface area contributed by atoms with Crippen LogP contribution in [0.2, 0.25) is 0 Å². The predicted molar refractivity (Wildman–Crippen MR) is 86.6 cm³/mol. The van der Waals surface area contributed by atoms with Crippen molar-refractivity contribution in [2.24, 2.45) is 5.73 Å². The monoisotopic (exact) mass is 277 g/mol. The molecule has 0 saturated heterocycles. The van der Waals surface area contributed by atoms with Crippen molar-refractivity contribution in [3.05, 3.63) is 66.2 Å². The van der Waals surface area contributed by atoms with Gasteiger partial charge in [-0.2, -0.15) is 0 Å². The Morgan fingerprint density at radius 2 is 1.67 bits per heavy atom. The minimum Gasteiger partial charge on any atom is -0.396 e. The summed E-state index contributed by atoms with van der Waals surface area (Å²) in [6.07, 6.45) is 0. The van der Waals surface area contributed by atoms with E-state index in [2.05, 4.69) is 11.4 Å². The molecule has 0 bridgehead atoms. The van der Waals surface area contributed by atoms with Crippen molar-refractivity contribution in [3.8, 4) is 0 Å². The van der Waals surface area contributed by atoms with Crippen molar-refractivity contribution in [2.75, 3.05) is 11.1 Å². The number of hydrogen-bond donors (Lipinski definition) is 3. The van der Waals surface area contributed by atoms with Crippen LogP contribution in [-0.2, 0) is 0 Å². The van der Waals surface area contributed by atoms with Gasteiger partial charge in [-0.15, -0.1) is 0 Å². The standard InChI is InChI=1S/C17H15N3O/c18-16-14(17(19)21)6-3-7-15(16)20-13-9-8-11-4-1-2-5-12(11)10-13/h1-10,20H,18H2,(H2,19,21). The van der Waals surface area contributed by atoms with Gasteiger partial charge in [0.05, 0.1) is 16.9 Å². The third-order valence-electron chi connectivity index (χ3n) is 3.40. The van der Waals surface area contributed by atoms with Crippen LogP contribution in [0, 0.1) is 0 Å². The number of benzene rings is 3. The van der Waals surface area contributed by atoms with Crippen molar-refractivity contribution >= 4 is 33.7 Å². The molecular weight excluding hydrogens is 262 g/mol. The summed E-state index contributed by atoms with van der Waals surface area (Å²) < 4.78 is 0. The molecule has 0 heterocycles. The molecule has 0 aliphatic carbocycles. The van der Waals surface area contributed by atoms with Gasteiger partial charge < -0.3 is 16.8 Å². The van der Waals surface area contributed by atoms with Crippen LogP contribution in [-0.4, -0.2) is 5.91 Å². The van der Waals surface area contributed by atoms with Gasteiger partial charge in [-0.25, -0.2) is 0 Å². The summed E-state index contributed by atoms with van der Waals surface area (Å²) >= 11 is 0. The topological polar surface area (TPSA) is 81.1 Å². The van der Waals surface area contributed by atoms with E-state index in [4.69, 9.17) is 11.5 Å². The zero-order valence-electron chi connectivity index (χ0n) is 11.3. The Bertz CT molecular complexity index is 827. The molecule has 21 heavy (non-hydrogen) atoms. The fourth-order valence-corrected chi connectivity index (χ4v) is 2.31. The van der Waals surface area contributed by atoms with Gasteiger partial charge in [-0.1, -0.05) is 36.4 Å². The largest absolute Gasteiger partial charge is 0.396 e. The molecule has 0 unspecified atom stereocenters. The van der Waals surface area contributed by atoms with Crippen LogP contribution in [0.4, 0.5) is 17.1 Å². The summed E-state index contributed by atoms with van der Waals surface area (Å²) in [6.45, 7) is 0. The fraction of sp³-hybridized carbons (Fsp3) is 0.